The predicted molar refractivity (Wildman–Crippen MR) is 141 cm³/mol. The molecule has 1 amide bonds. The summed E-state index contributed by atoms with van der Waals surface area (Å²) in [4.78, 5) is 13.0. The molecule has 0 unspecified atom stereocenters. The number of nitrogens with one attached hydrogen (secondary N) is 1. The molecule has 1 aliphatic rings. The number of rotatable bonds is 10. The van der Waals surface area contributed by atoms with E-state index in [1.54, 1.807) is 11.4 Å². The number of aryl methyl sites for hydroxylation is 2. The first-order chi connectivity index (χ1) is 16.6. The number of carbonyl (C=O) groups is 1. The smallest absolute Gasteiger partial charge is 0.223 e. The van der Waals surface area contributed by atoms with E-state index >= 15 is 0 Å². The summed E-state index contributed by atoms with van der Waals surface area (Å²) in [6, 6.07) is 14.0. The van der Waals surface area contributed by atoms with Gasteiger partial charge in [0.1, 0.15) is 5.75 Å². The van der Waals surface area contributed by atoms with E-state index in [2.05, 4.69) is 25.2 Å². The summed E-state index contributed by atoms with van der Waals surface area (Å²) < 4.78 is 32.7. The summed E-state index contributed by atoms with van der Waals surface area (Å²) >= 11 is 0. The van der Waals surface area contributed by atoms with Gasteiger partial charge in [0.15, 0.2) is 0 Å². The van der Waals surface area contributed by atoms with Crippen LogP contribution in [0.15, 0.2) is 42.5 Å². The Balaban J connectivity index is 1.53. The lowest BCUT2D eigenvalue weighted by Gasteiger charge is -2.31. The minimum atomic E-state index is -3.30. The Bertz CT molecular complexity index is 1090. The molecule has 0 radical (unpaired) electrons. The van der Waals surface area contributed by atoms with Gasteiger partial charge in [-0.1, -0.05) is 44.2 Å². The first kappa shape index (κ1) is 27.2. The fraction of sp³-hybridized carbons (Fsp3) is 0.536. The van der Waals surface area contributed by atoms with Gasteiger partial charge < -0.3 is 10.1 Å². The molecule has 1 saturated heterocycles. The minimum Gasteiger partial charge on any atom is -0.496 e. The van der Waals surface area contributed by atoms with Crippen molar-refractivity contribution in [2.75, 3.05) is 26.0 Å². The zero-order valence-corrected chi connectivity index (χ0v) is 22.5. The highest BCUT2D eigenvalue weighted by atomic mass is 32.2. The molecular formula is C28H40N2O4S. The normalized spacial score (nSPS) is 16.3. The summed E-state index contributed by atoms with van der Waals surface area (Å²) in [6.07, 6.45) is 2.45. The van der Waals surface area contributed by atoms with Crippen molar-refractivity contribution in [3.8, 4) is 5.75 Å². The number of carbonyl (C=O) groups excluding carboxylic acids is 1. The van der Waals surface area contributed by atoms with E-state index in [0.717, 1.165) is 34.4 Å². The SMILES string of the molecule is COc1cc(C)c([C@@H](C)NC(=O)C2CCN(S(=O)(=O)CCCc3ccccc3)CC2)cc1C(C)C. The molecule has 0 aromatic heterocycles. The van der Waals surface area contributed by atoms with Gasteiger partial charge in [0.25, 0.3) is 0 Å². The van der Waals surface area contributed by atoms with Crippen molar-refractivity contribution >= 4 is 15.9 Å². The van der Waals surface area contributed by atoms with Gasteiger partial charge in [-0.25, -0.2) is 12.7 Å². The Morgan fingerprint density at radius 1 is 1.09 bits per heavy atom. The van der Waals surface area contributed by atoms with Crippen LogP contribution in [-0.2, 0) is 21.2 Å². The second kappa shape index (κ2) is 12.0. The number of hydrogen-bond acceptors (Lipinski definition) is 4. The zero-order chi connectivity index (χ0) is 25.6. The van der Waals surface area contributed by atoms with E-state index in [0.29, 0.717) is 38.3 Å². The Kier molecular flexibility index (Phi) is 9.36. The first-order valence-electron chi connectivity index (χ1n) is 12.6. The van der Waals surface area contributed by atoms with E-state index in [1.807, 2.05) is 50.2 Å². The van der Waals surface area contributed by atoms with Crippen LogP contribution in [0, 0.1) is 12.8 Å². The molecule has 1 N–H and O–H groups in total. The summed E-state index contributed by atoms with van der Waals surface area (Å²) in [7, 11) is -1.62. The lowest BCUT2D eigenvalue weighted by atomic mass is 9.92. The van der Waals surface area contributed by atoms with Gasteiger partial charge in [0.2, 0.25) is 15.9 Å². The Hall–Kier alpha value is -2.38. The molecule has 3 rings (SSSR count). The Morgan fingerprint density at radius 3 is 2.34 bits per heavy atom. The third-order valence-corrected chi connectivity index (χ3v) is 8.95. The lowest BCUT2D eigenvalue weighted by Crippen LogP contribution is -2.44. The van der Waals surface area contributed by atoms with Crippen LogP contribution in [0.5, 0.6) is 5.75 Å². The third kappa shape index (κ3) is 7.07. The molecule has 6 nitrogen and oxygen atoms in total. The fourth-order valence-corrected chi connectivity index (χ4v) is 6.38. The molecule has 0 saturated carbocycles. The molecule has 2 aromatic carbocycles. The molecule has 192 valence electrons. The monoisotopic (exact) mass is 500 g/mol. The first-order valence-corrected chi connectivity index (χ1v) is 14.2. The van der Waals surface area contributed by atoms with Crippen LogP contribution in [0.1, 0.15) is 74.2 Å². The van der Waals surface area contributed by atoms with Gasteiger partial charge in [-0.05, 0) is 79.8 Å². The lowest BCUT2D eigenvalue weighted by molar-refractivity contribution is -0.126. The van der Waals surface area contributed by atoms with Crippen LogP contribution in [0.25, 0.3) is 0 Å². The van der Waals surface area contributed by atoms with Crippen molar-refractivity contribution in [2.45, 2.75) is 65.3 Å². The third-order valence-electron chi connectivity index (χ3n) is 6.99. The van der Waals surface area contributed by atoms with Gasteiger partial charge >= 0.3 is 0 Å². The molecule has 2 aromatic rings. The summed E-state index contributed by atoms with van der Waals surface area (Å²) in [5, 5.41) is 3.17. The zero-order valence-electron chi connectivity index (χ0n) is 21.7. The van der Waals surface area contributed by atoms with Crippen LogP contribution < -0.4 is 10.1 Å². The van der Waals surface area contributed by atoms with Gasteiger partial charge in [-0.3, -0.25) is 4.79 Å². The minimum absolute atomic E-state index is 0.0000550. The van der Waals surface area contributed by atoms with Crippen LogP contribution in [-0.4, -0.2) is 44.6 Å². The summed E-state index contributed by atoms with van der Waals surface area (Å²) in [6.45, 7) is 9.10. The number of hydrogen-bond donors (Lipinski definition) is 1. The van der Waals surface area contributed by atoms with E-state index in [9.17, 15) is 13.2 Å². The van der Waals surface area contributed by atoms with Crippen LogP contribution in [0.3, 0.4) is 0 Å². The highest BCUT2D eigenvalue weighted by Crippen LogP contribution is 2.32. The molecule has 7 heteroatoms. The molecule has 1 aliphatic heterocycles. The highest BCUT2D eigenvalue weighted by molar-refractivity contribution is 7.89. The molecule has 0 spiro atoms. The van der Waals surface area contributed by atoms with Crippen molar-refractivity contribution in [3.05, 3.63) is 64.7 Å². The molecule has 1 heterocycles. The molecule has 35 heavy (non-hydrogen) atoms. The van der Waals surface area contributed by atoms with Crippen molar-refractivity contribution in [1.29, 1.82) is 0 Å². The standard InChI is InChI=1S/C28H40N2O4S/c1-20(2)25-19-26(21(3)18-27(25)34-5)22(4)29-28(31)24-13-15-30(16-14-24)35(32,33)17-9-12-23-10-7-6-8-11-23/h6-8,10-11,18-20,22,24H,9,12-17H2,1-5H3,(H,29,31)/t22-/m1/s1. The average molecular weight is 501 g/mol. The molecule has 1 atom stereocenters. The van der Waals surface area contributed by atoms with Crippen molar-refractivity contribution in [3.63, 3.8) is 0 Å². The van der Waals surface area contributed by atoms with Crippen LogP contribution >= 0.6 is 0 Å². The second-order valence-electron chi connectivity index (χ2n) is 9.91. The van der Waals surface area contributed by atoms with E-state index < -0.39 is 10.0 Å². The number of benzene rings is 2. The number of methoxy groups -OCH3 is 1. The summed E-state index contributed by atoms with van der Waals surface area (Å²) in [5.74, 6) is 1.16. The van der Waals surface area contributed by atoms with Gasteiger partial charge in [0.05, 0.1) is 18.9 Å². The number of sulfonamides is 1. The second-order valence-corrected chi connectivity index (χ2v) is 12.0. The molecular weight excluding hydrogens is 460 g/mol. The largest absolute Gasteiger partial charge is 0.496 e. The average Bonchev–Trinajstić information content (AvgIpc) is 2.84. The van der Waals surface area contributed by atoms with Crippen molar-refractivity contribution in [2.24, 2.45) is 5.92 Å². The maximum absolute atomic E-state index is 13.0. The fourth-order valence-electron chi connectivity index (χ4n) is 4.85. The maximum Gasteiger partial charge on any atom is 0.223 e. The number of amides is 1. The van der Waals surface area contributed by atoms with E-state index in [1.165, 1.54) is 0 Å². The molecule has 1 fully saturated rings. The van der Waals surface area contributed by atoms with Crippen molar-refractivity contribution in [1.82, 2.24) is 9.62 Å². The van der Waals surface area contributed by atoms with Crippen molar-refractivity contribution < 1.29 is 17.9 Å². The number of ether oxygens (including phenoxy) is 1. The van der Waals surface area contributed by atoms with Gasteiger partial charge in [-0.15, -0.1) is 0 Å². The maximum atomic E-state index is 13.0. The molecule has 0 bridgehead atoms. The van der Waals surface area contributed by atoms with E-state index in [-0.39, 0.29) is 23.6 Å². The van der Waals surface area contributed by atoms with Gasteiger partial charge in [-0.2, -0.15) is 0 Å². The summed E-state index contributed by atoms with van der Waals surface area (Å²) in [5.41, 5.74) is 4.44. The van der Waals surface area contributed by atoms with Gasteiger partial charge in [0, 0.05) is 19.0 Å². The number of piperidine rings is 1. The Morgan fingerprint density at radius 2 is 1.74 bits per heavy atom. The quantitative estimate of drug-likeness (QED) is 0.499. The Labute approximate surface area is 211 Å². The predicted octanol–water partition coefficient (Wildman–Crippen LogP) is 4.98. The number of nitrogens with zero attached hydrogens (tertiary/aromatic N) is 1. The van der Waals surface area contributed by atoms with Crippen LogP contribution in [0.4, 0.5) is 0 Å². The molecule has 0 aliphatic carbocycles. The van der Waals surface area contributed by atoms with E-state index in [4.69, 9.17) is 4.74 Å². The topological polar surface area (TPSA) is 75.7 Å². The highest BCUT2D eigenvalue weighted by Gasteiger charge is 2.31. The van der Waals surface area contributed by atoms with Crippen LogP contribution in [0.2, 0.25) is 0 Å².